The quantitative estimate of drug-likeness (QED) is 0.0887. The molecule has 0 aliphatic rings. The van der Waals surface area contributed by atoms with E-state index in [9.17, 15) is 14.4 Å². The number of carbonyl (C=O) groups excluding carboxylic acids is 3. The molecule has 0 unspecified atom stereocenters. The number of allylic oxidation sites excluding steroid dienone is 3. The summed E-state index contributed by atoms with van der Waals surface area (Å²) in [7, 11) is 0. The monoisotopic (exact) mass is 278 g/mol. The fraction of sp³-hybridized carbons (Fsp3) is 0.429. The number of carbonyl (C=O) groups is 3. The van der Waals surface area contributed by atoms with Gasteiger partial charge in [0.1, 0.15) is 0 Å². The summed E-state index contributed by atoms with van der Waals surface area (Å²) in [5, 5.41) is 0. The summed E-state index contributed by atoms with van der Waals surface area (Å²) in [5.74, 6) is -1.95. The van der Waals surface area contributed by atoms with Crippen LogP contribution in [0.15, 0.2) is 24.8 Å². The van der Waals surface area contributed by atoms with Gasteiger partial charge in [-0.05, 0) is 25.8 Å². The first-order valence-corrected chi connectivity index (χ1v) is 6.29. The van der Waals surface area contributed by atoms with Gasteiger partial charge in [0.05, 0.1) is 6.61 Å². The number of Topliss-reactive ketones (excluding diaryl/α,β-unsaturated/α-hetero) is 1. The van der Waals surface area contributed by atoms with Crippen LogP contribution in [0.25, 0.3) is 5.53 Å². The SMILES string of the molecule is C=CCC/C=C\C(=O)CCC(=O)C(=[N+]=[N-])C(=O)OCC. The average Bonchev–Trinajstić information content (AvgIpc) is 2.42. The van der Waals surface area contributed by atoms with Crippen LogP contribution in [0.3, 0.4) is 0 Å². The highest BCUT2D eigenvalue weighted by Crippen LogP contribution is 1.99. The van der Waals surface area contributed by atoms with Crippen molar-refractivity contribution in [3.63, 3.8) is 0 Å². The fourth-order valence-corrected chi connectivity index (χ4v) is 1.28. The fourth-order valence-electron chi connectivity index (χ4n) is 1.28. The molecule has 0 spiro atoms. The van der Waals surface area contributed by atoms with E-state index in [1.165, 1.54) is 6.08 Å². The van der Waals surface area contributed by atoms with E-state index < -0.39 is 17.5 Å². The van der Waals surface area contributed by atoms with Crippen LogP contribution in [0.1, 0.15) is 32.6 Å². The van der Waals surface area contributed by atoms with Crippen molar-refractivity contribution in [2.45, 2.75) is 32.6 Å². The molecule has 0 amide bonds. The van der Waals surface area contributed by atoms with Gasteiger partial charge >= 0.3 is 11.7 Å². The summed E-state index contributed by atoms with van der Waals surface area (Å²) in [4.78, 5) is 36.9. The zero-order valence-corrected chi connectivity index (χ0v) is 11.5. The van der Waals surface area contributed by atoms with E-state index in [4.69, 9.17) is 5.53 Å². The maximum atomic E-state index is 11.6. The van der Waals surface area contributed by atoms with E-state index in [1.54, 1.807) is 19.1 Å². The Hall–Kier alpha value is -2.33. The van der Waals surface area contributed by atoms with Gasteiger partial charge in [-0.1, -0.05) is 12.2 Å². The smallest absolute Gasteiger partial charge is 0.441 e. The number of unbranched alkanes of at least 4 members (excludes halogenated alkanes) is 1. The molecule has 0 aromatic carbocycles. The van der Waals surface area contributed by atoms with Gasteiger partial charge in [-0.25, -0.2) is 4.79 Å². The number of ether oxygens (including phenoxy) is 1. The van der Waals surface area contributed by atoms with Gasteiger partial charge in [0, 0.05) is 12.8 Å². The van der Waals surface area contributed by atoms with Gasteiger partial charge < -0.3 is 10.3 Å². The largest absolute Gasteiger partial charge is 0.457 e. The third-order valence-electron chi connectivity index (χ3n) is 2.27. The topological polar surface area (TPSA) is 96.8 Å². The standard InChI is InChI=1S/C14H18N2O4/c1-3-5-6-7-8-11(17)9-10-12(18)13(16-15)14(19)20-4-2/h3,7-8H,1,4-6,9-10H2,2H3/b8-7-. The van der Waals surface area contributed by atoms with Crippen LogP contribution in [-0.4, -0.2) is 34.6 Å². The molecule has 0 saturated carbocycles. The van der Waals surface area contributed by atoms with Gasteiger partial charge in [0.2, 0.25) is 0 Å². The van der Waals surface area contributed by atoms with Crippen molar-refractivity contribution in [3.8, 4) is 0 Å². The Balaban J connectivity index is 4.30. The zero-order chi connectivity index (χ0) is 15.4. The Morgan fingerprint density at radius 2 is 1.95 bits per heavy atom. The van der Waals surface area contributed by atoms with Crippen molar-refractivity contribution < 1.29 is 23.9 Å². The zero-order valence-electron chi connectivity index (χ0n) is 11.5. The van der Waals surface area contributed by atoms with Crippen LogP contribution in [0.5, 0.6) is 0 Å². The van der Waals surface area contributed by atoms with Gasteiger partial charge in [0.25, 0.3) is 5.78 Å². The Bertz CT molecular complexity index is 460. The summed E-state index contributed by atoms with van der Waals surface area (Å²) in [6.45, 7) is 5.18. The lowest BCUT2D eigenvalue weighted by atomic mass is 10.1. The molecule has 20 heavy (non-hydrogen) atoms. The Morgan fingerprint density at radius 3 is 2.50 bits per heavy atom. The molecular weight excluding hydrogens is 260 g/mol. The first kappa shape index (κ1) is 17.7. The summed E-state index contributed by atoms with van der Waals surface area (Å²) in [5.41, 5.74) is 7.93. The molecule has 0 N–H and O–H groups in total. The highest BCUT2D eigenvalue weighted by molar-refractivity contribution is 6.62. The Labute approximate surface area is 117 Å². The van der Waals surface area contributed by atoms with Crippen LogP contribution in [0.2, 0.25) is 0 Å². The summed E-state index contributed by atoms with van der Waals surface area (Å²) in [6, 6.07) is 0. The van der Waals surface area contributed by atoms with Crippen LogP contribution in [-0.2, 0) is 19.1 Å². The minimum absolute atomic E-state index is 0.0537. The molecule has 0 fully saturated rings. The maximum Gasteiger partial charge on any atom is 0.441 e. The first-order valence-electron chi connectivity index (χ1n) is 6.29. The van der Waals surface area contributed by atoms with E-state index >= 15 is 0 Å². The molecule has 108 valence electrons. The lowest BCUT2D eigenvalue weighted by molar-refractivity contribution is -0.142. The molecule has 0 radical (unpaired) electrons. The third kappa shape index (κ3) is 7.18. The van der Waals surface area contributed by atoms with E-state index in [2.05, 4.69) is 16.1 Å². The number of hydrogen-bond donors (Lipinski definition) is 0. The van der Waals surface area contributed by atoms with E-state index in [0.717, 1.165) is 6.42 Å². The number of esters is 1. The van der Waals surface area contributed by atoms with Crippen LogP contribution < -0.4 is 0 Å². The lowest BCUT2D eigenvalue weighted by Crippen LogP contribution is -2.27. The third-order valence-corrected chi connectivity index (χ3v) is 2.27. The van der Waals surface area contributed by atoms with Crippen molar-refractivity contribution in [3.05, 3.63) is 30.3 Å². The number of nitrogens with zero attached hydrogens (tertiary/aromatic N) is 2. The normalized spacial score (nSPS) is 9.85. The molecule has 6 nitrogen and oxygen atoms in total. The van der Waals surface area contributed by atoms with Crippen molar-refractivity contribution in [2.24, 2.45) is 0 Å². The lowest BCUT2D eigenvalue weighted by Gasteiger charge is -1.96. The minimum Gasteiger partial charge on any atom is -0.457 e. The van der Waals surface area contributed by atoms with Crippen molar-refractivity contribution in [1.29, 1.82) is 0 Å². The van der Waals surface area contributed by atoms with E-state index in [0.29, 0.717) is 6.42 Å². The van der Waals surface area contributed by atoms with Gasteiger partial charge in [0.15, 0.2) is 5.78 Å². The Kier molecular flexibility index (Phi) is 9.35. The van der Waals surface area contributed by atoms with Gasteiger partial charge in [-0.15, -0.1) is 6.58 Å². The van der Waals surface area contributed by atoms with Gasteiger partial charge in [-0.3, -0.25) is 9.59 Å². The van der Waals surface area contributed by atoms with Crippen LogP contribution >= 0.6 is 0 Å². The number of ketones is 2. The maximum absolute atomic E-state index is 11.6. The summed E-state index contributed by atoms with van der Waals surface area (Å²) >= 11 is 0. The first-order chi connectivity index (χ1) is 9.56. The second-order valence-electron chi connectivity index (χ2n) is 3.83. The molecule has 0 aliphatic carbocycles. The molecule has 0 atom stereocenters. The molecule has 0 aromatic heterocycles. The predicted molar refractivity (Wildman–Crippen MR) is 73.1 cm³/mol. The highest BCUT2D eigenvalue weighted by Gasteiger charge is 2.30. The summed E-state index contributed by atoms with van der Waals surface area (Å²) in [6.07, 6.45) is 6.03. The molecule has 0 saturated heterocycles. The molecule has 0 aromatic rings. The van der Waals surface area contributed by atoms with Crippen molar-refractivity contribution >= 4 is 23.2 Å². The molecule has 6 heteroatoms. The van der Waals surface area contributed by atoms with Crippen LogP contribution in [0.4, 0.5) is 0 Å². The van der Waals surface area contributed by atoms with Crippen molar-refractivity contribution in [2.75, 3.05) is 6.61 Å². The van der Waals surface area contributed by atoms with Crippen molar-refractivity contribution in [1.82, 2.24) is 0 Å². The minimum atomic E-state index is -0.992. The second-order valence-corrected chi connectivity index (χ2v) is 3.83. The predicted octanol–water partition coefficient (Wildman–Crippen LogP) is 1.66. The summed E-state index contributed by atoms with van der Waals surface area (Å²) < 4.78 is 4.56. The number of rotatable bonds is 10. The molecule has 0 aliphatic heterocycles. The molecule has 0 bridgehead atoms. The molecular formula is C14H18N2O4. The van der Waals surface area contributed by atoms with E-state index in [1.807, 2.05) is 0 Å². The van der Waals surface area contributed by atoms with Crippen LogP contribution in [0, 0.1) is 0 Å². The highest BCUT2D eigenvalue weighted by atomic mass is 16.5. The van der Waals surface area contributed by atoms with Gasteiger partial charge in [-0.2, -0.15) is 4.79 Å². The molecule has 0 heterocycles. The Morgan fingerprint density at radius 1 is 1.25 bits per heavy atom. The average molecular weight is 278 g/mol. The molecule has 0 rings (SSSR count). The second kappa shape index (κ2) is 10.6. The van der Waals surface area contributed by atoms with E-state index in [-0.39, 0.29) is 25.2 Å². The number of hydrogen-bond acceptors (Lipinski definition) is 4.